The summed E-state index contributed by atoms with van der Waals surface area (Å²) in [5.41, 5.74) is 0.898. The van der Waals surface area contributed by atoms with Gasteiger partial charge in [-0.05, 0) is 30.2 Å². The molecule has 0 unspecified atom stereocenters. The van der Waals surface area contributed by atoms with Crippen molar-refractivity contribution in [1.29, 1.82) is 0 Å². The van der Waals surface area contributed by atoms with Crippen LogP contribution in [0.4, 0.5) is 8.78 Å². The molecule has 0 bridgehead atoms. The zero-order valence-corrected chi connectivity index (χ0v) is 15.2. The highest BCUT2D eigenvalue weighted by Crippen LogP contribution is 2.25. The number of esters is 1. The highest BCUT2D eigenvalue weighted by Gasteiger charge is 2.15. The summed E-state index contributed by atoms with van der Waals surface area (Å²) >= 11 is 0. The lowest BCUT2D eigenvalue weighted by molar-refractivity contribution is 0.0526. The van der Waals surface area contributed by atoms with Crippen molar-refractivity contribution in [1.82, 2.24) is 14.3 Å². The lowest BCUT2D eigenvalue weighted by atomic mass is 10.0. The standard InChI is InChI=1S/C20H19F2N3O3/c1-2-28-20(27)16-10-23-25(13-16)11-14-6-7-15(17(9-14)19(21)22)12-24-8-4-3-5-18(24)26/h3-10,13,19H,2,11-12H2,1H3. The number of aromatic nitrogens is 3. The van der Waals surface area contributed by atoms with Gasteiger partial charge in [-0.2, -0.15) is 5.10 Å². The summed E-state index contributed by atoms with van der Waals surface area (Å²) in [6.07, 6.45) is 1.77. The predicted octanol–water partition coefficient (Wildman–Crippen LogP) is 3.26. The van der Waals surface area contributed by atoms with E-state index in [4.69, 9.17) is 4.74 Å². The van der Waals surface area contributed by atoms with Crippen molar-refractivity contribution in [3.8, 4) is 0 Å². The molecule has 0 saturated heterocycles. The van der Waals surface area contributed by atoms with Gasteiger partial charge in [0.15, 0.2) is 0 Å². The van der Waals surface area contributed by atoms with E-state index in [0.29, 0.717) is 16.7 Å². The van der Waals surface area contributed by atoms with Crippen molar-refractivity contribution in [2.24, 2.45) is 0 Å². The van der Waals surface area contributed by atoms with Crippen LogP contribution in [-0.2, 0) is 17.8 Å². The molecule has 2 aromatic heterocycles. The number of ether oxygens (including phenoxy) is 1. The molecule has 0 aliphatic heterocycles. The van der Waals surface area contributed by atoms with Gasteiger partial charge in [0, 0.05) is 24.0 Å². The molecule has 8 heteroatoms. The van der Waals surface area contributed by atoms with Gasteiger partial charge >= 0.3 is 5.97 Å². The van der Waals surface area contributed by atoms with Gasteiger partial charge in [0.25, 0.3) is 12.0 Å². The molecule has 0 N–H and O–H groups in total. The molecule has 0 spiro atoms. The summed E-state index contributed by atoms with van der Waals surface area (Å²) in [4.78, 5) is 23.5. The minimum atomic E-state index is -2.68. The average molecular weight is 387 g/mol. The SMILES string of the molecule is CCOC(=O)c1cnn(Cc2ccc(Cn3ccccc3=O)c(C(F)F)c2)c1. The smallest absolute Gasteiger partial charge is 0.341 e. The fourth-order valence-corrected chi connectivity index (χ4v) is 2.82. The largest absolute Gasteiger partial charge is 0.462 e. The number of rotatable bonds is 7. The third kappa shape index (κ3) is 4.51. The molecule has 0 atom stereocenters. The van der Waals surface area contributed by atoms with Gasteiger partial charge < -0.3 is 9.30 Å². The van der Waals surface area contributed by atoms with Gasteiger partial charge in [-0.3, -0.25) is 9.48 Å². The first-order valence-corrected chi connectivity index (χ1v) is 8.73. The molecule has 146 valence electrons. The molecule has 6 nitrogen and oxygen atoms in total. The quantitative estimate of drug-likeness (QED) is 0.584. The molecule has 0 radical (unpaired) electrons. The normalized spacial score (nSPS) is 11.0. The third-order valence-electron chi connectivity index (χ3n) is 4.17. The second-order valence-corrected chi connectivity index (χ2v) is 6.15. The first-order valence-electron chi connectivity index (χ1n) is 8.73. The summed E-state index contributed by atoms with van der Waals surface area (Å²) < 4.78 is 34.9. The molecule has 2 heterocycles. The van der Waals surface area contributed by atoms with Crippen LogP contribution in [0.1, 0.15) is 40.4 Å². The molecular weight excluding hydrogens is 368 g/mol. The van der Waals surface area contributed by atoms with Crippen LogP contribution in [0.15, 0.2) is 59.8 Å². The average Bonchev–Trinajstić information content (AvgIpc) is 3.13. The topological polar surface area (TPSA) is 66.1 Å². The molecule has 0 aliphatic carbocycles. The molecule has 0 saturated carbocycles. The van der Waals surface area contributed by atoms with E-state index in [2.05, 4.69) is 5.10 Å². The van der Waals surface area contributed by atoms with Gasteiger partial charge in [0.05, 0.1) is 31.5 Å². The van der Waals surface area contributed by atoms with Crippen LogP contribution in [0.5, 0.6) is 0 Å². The minimum Gasteiger partial charge on any atom is -0.462 e. The molecule has 0 amide bonds. The van der Waals surface area contributed by atoms with E-state index in [0.717, 1.165) is 0 Å². The van der Waals surface area contributed by atoms with Crippen LogP contribution in [-0.4, -0.2) is 26.9 Å². The lowest BCUT2D eigenvalue weighted by Gasteiger charge is -2.13. The highest BCUT2D eigenvalue weighted by molar-refractivity contribution is 5.88. The van der Waals surface area contributed by atoms with E-state index in [-0.39, 0.29) is 30.8 Å². The second kappa shape index (κ2) is 8.60. The Morgan fingerprint density at radius 3 is 2.75 bits per heavy atom. The van der Waals surface area contributed by atoms with Gasteiger partial charge in [-0.15, -0.1) is 0 Å². The van der Waals surface area contributed by atoms with Crippen molar-refractivity contribution in [3.05, 3.63) is 87.6 Å². The molecule has 0 aliphatic rings. The Labute approximate surface area is 160 Å². The van der Waals surface area contributed by atoms with E-state index in [1.54, 1.807) is 37.4 Å². The number of benzene rings is 1. The summed E-state index contributed by atoms with van der Waals surface area (Å²) in [6, 6.07) is 9.36. The number of carbonyl (C=O) groups excluding carboxylic acids is 1. The molecule has 0 fully saturated rings. The maximum Gasteiger partial charge on any atom is 0.341 e. The van der Waals surface area contributed by atoms with Crippen LogP contribution in [0.2, 0.25) is 0 Å². The molecule has 28 heavy (non-hydrogen) atoms. The number of hydrogen-bond donors (Lipinski definition) is 0. The third-order valence-corrected chi connectivity index (χ3v) is 4.17. The van der Waals surface area contributed by atoms with Gasteiger partial charge in [0.1, 0.15) is 0 Å². The van der Waals surface area contributed by atoms with Crippen molar-refractivity contribution in [2.45, 2.75) is 26.4 Å². The van der Waals surface area contributed by atoms with Crippen molar-refractivity contribution in [2.75, 3.05) is 6.61 Å². The monoisotopic (exact) mass is 387 g/mol. The van der Waals surface area contributed by atoms with Crippen molar-refractivity contribution in [3.63, 3.8) is 0 Å². The van der Waals surface area contributed by atoms with Gasteiger partial charge in [-0.1, -0.05) is 18.2 Å². The van der Waals surface area contributed by atoms with E-state index >= 15 is 0 Å². The summed E-state index contributed by atoms with van der Waals surface area (Å²) in [7, 11) is 0. The molecule has 3 aromatic rings. The van der Waals surface area contributed by atoms with Crippen LogP contribution >= 0.6 is 0 Å². The Kier molecular flexibility index (Phi) is 5.98. The Morgan fingerprint density at radius 2 is 2.04 bits per heavy atom. The molecule has 1 aromatic carbocycles. The van der Waals surface area contributed by atoms with Crippen molar-refractivity contribution < 1.29 is 18.3 Å². The molecular formula is C20H19F2N3O3. The lowest BCUT2D eigenvalue weighted by Crippen LogP contribution is -2.19. The Balaban J connectivity index is 1.82. The van der Waals surface area contributed by atoms with Crippen LogP contribution < -0.4 is 5.56 Å². The second-order valence-electron chi connectivity index (χ2n) is 6.15. The summed E-state index contributed by atoms with van der Waals surface area (Å²) in [6.45, 7) is 2.26. The number of hydrogen-bond acceptors (Lipinski definition) is 4. The maximum atomic E-state index is 13.6. The van der Waals surface area contributed by atoms with E-state index < -0.39 is 12.4 Å². The predicted molar refractivity (Wildman–Crippen MR) is 98.5 cm³/mol. The fraction of sp³-hybridized carbons (Fsp3) is 0.250. The zero-order chi connectivity index (χ0) is 20.1. The van der Waals surface area contributed by atoms with Crippen molar-refractivity contribution >= 4 is 5.97 Å². The van der Waals surface area contributed by atoms with E-state index in [1.165, 1.54) is 33.8 Å². The number of halogens is 2. The van der Waals surface area contributed by atoms with Crippen LogP contribution in [0, 0.1) is 0 Å². The first-order chi connectivity index (χ1) is 13.5. The zero-order valence-electron chi connectivity index (χ0n) is 15.2. The summed E-state index contributed by atoms with van der Waals surface area (Å²) in [5, 5.41) is 4.07. The highest BCUT2D eigenvalue weighted by atomic mass is 19.3. The maximum absolute atomic E-state index is 13.6. The Bertz CT molecular complexity index is 1030. The first kappa shape index (κ1) is 19.5. The Morgan fingerprint density at radius 1 is 1.21 bits per heavy atom. The Hall–Kier alpha value is -3.29. The molecule has 3 rings (SSSR count). The van der Waals surface area contributed by atoms with Crippen LogP contribution in [0.25, 0.3) is 0 Å². The number of alkyl halides is 2. The van der Waals surface area contributed by atoms with Crippen LogP contribution in [0.3, 0.4) is 0 Å². The summed E-state index contributed by atoms with van der Waals surface area (Å²) in [5.74, 6) is -0.481. The van der Waals surface area contributed by atoms with E-state index in [1.807, 2.05) is 0 Å². The van der Waals surface area contributed by atoms with E-state index in [9.17, 15) is 18.4 Å². The van der Waals surface area contributed by atoms with Gasteiger partial charge in [-0.25, -0.2) is 13.6 Å². The fourth-order valence-electron chi connectivity index (χ4n) is 2.82. The number of carbonyl (C=O) groups is 1. The number of nitrogens with zero attached hydrogens (tertiary/aromatic N) is 3. The van der Waals surface area contributed by atoms with Gasteiger partial charge in [0.2, 0.25) is 0 Å². The minimum absolute atomic E-state index is 0.0639. The number of pyridine rings is 1.